The molecule has 0 heterocycles. The number of allylic oxidation sites excluding steroid dienone is 1. The Bertz CT molecular complexity index is 474. The molecule has 1 rings (SSSR count). The van der Waals surface area contributed by atoms with E-state index in [4.69, 9.17) is 9.16 Å². The van der Waals surface area contributed by atoms with Crippen molar-refractivity contribution in [3.05, 3.63) is 60.4 Å². The highest BCUT2D eigenvalue weighted by molar-refractivity contribution is 6.70. The summed E-state index contributed by atoms with van der Waals surface area (Å²) in [5.41, 5.74) is 1.19. The van der Waals surface area contributed by atoms with E-state index in [9.17, 15) is 0 Å². The Kier molecular flexibility index (Phi) is 7.63. The highest BCUT2D eigenvalue weighted by Gasteiger charge is 2.22. The third-order valence-electron chi connectivity index (χ3n) is 3.27. The third kappa shape index (κ3) is 7.62. The Morgan fingerprint density at radius 3 is 2.41 bits per heavy atom. The maximum absolute atomic E-state index is 6.15. The standard InChI is InChI=1S/C19H30O2Si/c1-7-11-16(2)19(14-17(3)21-22(4,5)6)20-15-18-12-9-8-10-13-18/h7-13,16,19H,3,14-15H2,1-2,4-6H3/b11-7+/t16-,19-/m0/s1. The van der Waals surface area contributed by atoms with Crippen LogP contribution in [-0.4, -0.2) is 14.4 Å². The van der Waals surface area contributed by atoms with Crippen LogP contribution in [0.25, 0.3) is 0 Å². The van der Waals surface area contributed by atoms with E-state index in [0.29, 0.717) is 12.5 Å². The maximum Gasteiger partial charge on any atom is 0.241 e. The Hall–Kier alpha value is -1.32. The molecule has 2 nitrogen and oxygen atoms in total. The lowest BCUT2D eigenvalue weighted by Crippen LogP contribution is -2.28. The molecule has 0 bridgehead atoms. The molecule has 1 aromatic carbocycles. The molecule has 0 radical (unpaired) electrons. The molecular formula is C19H30O2Si. The fourth-order valence-corrected chi connectivity index (χ4v) is 3.25. The Balaban J connectivity index is 2.65. The molecule has 0 aliphatic rings. The molecular weight excluding hydrogens is 288 g/mol. The molecule has 0 fully saturated rings. The minimum Gasteiger partial charge on any atom is -0.548 e. The molecule has 0 saturated heterocycles. The van der Waals surface area contributed by atoms with Gasteiger partial charge in [-0.25, -0.2) is 0 Å². The van der Waals surface area contributed by atoms with Gasteiger partial charge in [-0.2, -0.15) is 0 Å². The summed E-state index contributed by atoms with van der Waals surface area (Å²) in [5.74, 6) is 1.17. The van der Waals surface area contributed by atoms with Gasteiger partial charge in [-0.15, -0.1) is 0 Å². The van der Waals surface area contributed by atoms with E-state index in [1.165, 1.54) is 5.56 Å². The van der Waals surface area contributed by atoms with E-state index in [1.807, 2.05) is 25.1 Å². The average molecular weight is 319 g/mol. The second kappa shape index (κ2) is 8.96. The molecule has 0 aliphatic carbocycles. The minimum absolute atomic E-state index is 0.0836. The summed E-state index contributed by atoms with van der Waals surface area (Å²) in [6, 6.07) is 10.3. The summed E-state index contributed by atoms with van der Waals surface area (Å²) in [6.07, 6.45) is 5.08. The SMILES string of the molecule is C=C(C[C@H](OCc1ccccc1)[C@@H](C)/C=C/C)O[Si](C)(C)C. The second-order valence-corrected chi connectivity index (χ2v) is 11.1. The van der Waals surface area contributed by atoms with Gasteiger partial charge < -0.3 is 9.16 Å². The van der Waals surface area contributed by atoms with Gasteiger partial charge in [0.15, 0.2) is 0 Å². The van der Waals surface area contributed by atoms with Crippen LogP contribution in [0.5, 0.6) is 0 Å². The molecule has 1 aromatic rings. The molecule has 122 valence electrons. The first-order chi connectivity index (χ1) is 10.3. The van der Waals surface area contributed by atoms with Crippen molar-refractivity contribution in [1.29, 1.82) is 0 Å². The molecule has 2 atom stereocenters. The van der Waals surface area contributed by atoms with Gasteiger partial charge in [0.05, 0.1) is 18.5 Å². The first-order valence-corrected chi connectivity index (χ1v) is 11.4. The molecule has 0 N–H and O–H groups in total. The van der Waals surface area contributed by atoms with Crippen LogP contribution in [0.2, 0.25) is 19.6 Å². The first kappa shape index (κ1) is 18.7. The molecule has 22 heavy (non-hydrogen) atoms. The first-order valence-electron chi connectivity index (χ1n) is 7.97. The Labute approximate surface area is 137 Å². The van der Waals surface area contributed by atoms with Gasteiger partial charge in [-0.05, 0) is 32.1 Å². The van der Waals surface area contributed by atoms with E-state index in [2.05, 4.69) is 57.4 Å². The van der Waals surface area contributed by atoms with Gasteiger partial charge in [0.1, 0.15) is 0 Å². The quantitative estimate of drug-likeness (QED) is 0.338. The number of ether oxygens (including phenoxy) is 1. The number of rotatable bonds is 9. The van der Waals surface area contributed by atoms with Gasteiger partial charge in [-0.1, -0.05) is 56.0 Å². The van der Waals surface area contributed by atoms with Crippen LogP contribution in [0.15, 0.2) is 54.8 Å². The van der Waals surface area contributed by atoms with E-state index < -0.39 is 8.32 Å². The Morgan fingerprint density at radius 2 is 1.86 bits per heavy atom. The van der Waals surface area contributed by atoms with Crippen LogP contribution < -0.4 is 0 Å². The zero-order chi connectivity index (χ0) is 16.6. The molecule has 3 heteroatoms. The minimum atomic E-state index is -1.60. The fourth-order valence-electron chi connectivity index (χ4n) is 2.30. The van der Waals surface area contributed by atoms with E-state index >= 15 is 0 Å². The lowest BCUT2D eigenvalue weighted by Gasteiger charge is -2.27. The van der Waals surface area contributed by atoms with E-state index in [0.717, 1.165) is 12.2 Å². The summed E-state index contributed by atoms with van der Waals surface area (Å²) in [7, 11) is -1.60. The van der Waals surface area contributed by atoms with Gasteiger partial charge in [0.25, 0.3) is 0 Å². The zero-order valence-electron chi connectivity index (χ0n) is 14.6. The fraction of sp³-hybridized carbons (Fsp3) is 0.474. The summed E-state index contributed by atoms with van der Waals surface area (Å²) >= 11 is 0. The summed E-state index contributed by atoms with van der Waals surface area (Å²) in [5, 5.41) is 0. The van der Waals surface area contributed by atoms with Crippen LogP contribution in [0, 0.1) is 5.92 Å². The average Bonchev–Trinajstić information content (AvgIpc) is 2.42. The van der Waals surface area contributed by atoms with E-state index in [-0.39, 0.29) is 6.10 Å². The van der Waals surface area contributed by atoms with Gasteiger partial charge >= 0.3 is 0 Å². The zero-order valence-corrected chi connectivity index (χ0v) is 15.6. The summed E-state index contributed by atoms with van der Waals surface area (Å²) < 4.78 is 12.1. The lowest BCUT2D eigenvalue weighted by molar-refractivity contribution is 0.0131. The number of hydrogen-bond donors (Lipinski definition) is 0. The highest BCUT2D eigenvalue weighted by Crippen LogP contribution is 2.22. The van der Waals surface area contributed by atoms with Crippen molar-refractivity contribution in [2.45, 2.75) is 52.6 Å². The van der Waals surface area contributed by atoms with Gasteiger partial charge in [-0.3, -0.25) is 0 Å². The van der Waals surface area contributed by atoms with Crippen molar-refractivity contribution in [1.82, 2.24) is 0 Å². The predicted molar refractivity (Wildman–Crippen MR) is 97.2 cm³/mol. The topological polar surface area (TPSA) is 18.5 Å². The van der Waals surface area contributed by atoms with Crippen molar-refractivity contribution in [2.75, 3.05) is 0 Å². The van der Waals surface area contributed by atoms with Crippen LogP contribution in [-0.2, 0) is 15.8 Å². The number of hydrogen-bond acceptors (Lipinski definition) is 2. The predicted octanol–water partition coefficient (Wildman–Crippen LogP) is 5.54. The third-order valence-corrected chi connectivity index (χ3v) is 4.17. The van der Waals surface area contributed by atoms with Crippen molar-refractivity contribution in [3.63, 3.8) is 0 Å². The molecule has 0 saturated carbocycles. The largest absolute Gasteiger partial charge is 0.548 e. The van der Waals surface area contributed by atoms with Crippen LogP contribution in [0.1, 0.15) is 25.8 Å². The normalized spacial score (nSPS) is 14.8. The van der Waals surface area contributed by atoms with Gasteiger partial charge in [0.2, 0.25) is 8.32 Å². The maximum atomic E-state index is 6.15. The summed E-state index contributed by atoms with van der Waals surface area (Å²) in [6.45, 7) is 15.4. The highest BCUT2D eigenvalue weighted by atomic mass is 28.4. The molecule has 0 amide bonds. The van der Waals surface area contributed by atoms with Crippen LogP contribution in [0.4, 0.5) is 0 Å². The molecule has 0 aromatic heterocycles. The smallest absolute Gasteiger partial charge is 0.241 e. The summed E-state index contributed by atoms with van der Waals surface area (Å²) in [4.78, 5) is 0. The lowest BCUT2D eigenvalue weighted by atomic mass is 10.0. The second-order valence-electron chi connectivity index (χ2n) is 6.68. The molecule has 0 unspecified atom stereocenters. The van der Waals surface area contributed by atoms with Crippen molar-refractivity contribution in [2.24, 2.45) is 5.92 Å². The van der Waals surface area contributed by atoms with Crippen molar-refractivity contribution < 1.29 is 9.16 Å². The van der Waals surface area contributed by atoms with Crippen LogP contribution >= 0.6 is 0 Å². The number of benzene rings is 1. The molecule has 0 aliphatic heterocycles. The van der Waals surface area contributed by atoms with Crippen molar-refractivity contribution in [3.8, 4) is 0 Å². The van der Waals surface area contributed by atoms with Crippen molar-refractivity contribution >= 4 is 8.32 Å². The van der Waals surface area contributed by atoms with Crippen LogP contribution in [0.3, 0.4) is 0 Å². The monoisotopic (exact) mass is 318 g/mol. The molecule has 0 spiro atoms. The van der Waals surface area contributed by atoms with E-state index in [1.54, 1.807) is 0 Å². The Morgan fingerprint density at radius 1 is 1.23 bits per heavy atom. The van der Waals surface area contributed by atoms with Gasteiger partial charge in [0, 0.05) is 12.3 Å².